The highest BCUT2D eigenvalue weighted by Crippen LogP contribution is 2.56. The Morgan fingerprint density at radius 2 is 1.76 bits per heavy atom. The van der Waals surface area contributed by atoms with Gasteiger partial charge >= 0.3 is 6.18 Å². The van der Waals surface area contributed by atoms with Gasteiger partial charge in [0.1, 0.15) is 5.75 Å². The van der Waals surface area contributed by atoms with Crippen molar-refractivity contribution in [3.63, 3.8) is 0 Å². The summed E-state index contributed by atoms with van der Waals surface area (Å²) in [7, 11) is 1.55. The van der Waals surface area contributed by atoms with Gasteiger partial charge in [-0.1, -0.05) is 36.4 Å². The van der Waals surface area contributed by atoms with Gasteiger partial charge < -0.3 is 9.64 Å². The minimum atomic E-state index is -4.57. The standard InChI is InChI=1S/C25H19F3N2O3S/c1-33-19-9-4-6-16(12-19)14-29-21-11-3-2-10-20(21)24(23(29)32)30(22(31)15-34-24)18-8-5-7-17(13-18)25(26,27)28/h2-13H,14-15H2,1H3/t24-/m1/s1. The number of carbonyl (C=O) groups excluding carboxylic acids is 2. The summed E-state index contributed by atoms with van der Waals surface area (Å²) in [6.07, 6.45) is -4.57. The average Bonchev–Trinajstić information content (AvgIpc) is 3.30. The lowest BCUT2D eigenvalue weighted by Crippen LogP contribution is -2.49. The maximum absolute atomic E-state index is 14.0. The van der Waals surface area contributed by atoms with E-state index < -0.39 is 22.5 Å². The number of methoxy groups -OCH3 is 1. The predicted molar refractivity (Wildman–Crippen MR) is 124 cm³/mol. The zero-order chi connectivity index (χ0) is 24.1. The van der Waals surface area contributed by atoms with Gasteiger partial charge in [-0.05, 0) is 42.0 Å². The normalized spacial score (nSPS) is 19.8. The van der Waals surface area contributed by atoms with E-state index in [0.29, 0.717) is 17.0 Å². The van der Waals surface area contributed by atoms with Crippen molar-refractivity contribution in [1.29, 1.82) is 0 Å². The zero-order valence-corrected chi connectivity index (χ0v) is 18.8. The van der Waals surface area contributed by atoms with Gasteiger partial charge in [0.15, 0.2) is 0 Å². The topological polar surface area (TPSA) is 49.9 Å². The van der Waals surface area contributed by atoms with Gasteiger partial charge in [-0.3, -0.25) is 14.5 Å². The van der Waals surface area contributed by atoms with Crippen molar-refractivity contribution in [3.05, 3.63) is 89.5 Å². The number of fused-ring (bicyclic) bond motifs is 2. The first-order chi connectivity index (χ1) is 16.3. The summed E-state index contributed by atoms with van der Waals surface area (Å²) < 4.78 is 45.5. The lowest BCUT2D eigenvalue weighted by Gasteiger charge is -2.33. The van der Waals surface area contributed by atoms with Crippen LogP contribution in [0.2, 0.25) is 0 Å². The van der Waals surface area contributed by atoms with E-state index in [-0.39, 0.29) is 23.9 Å². The van der Waals surface area contributed by atoms with E-state index in [9.17, 15) is 22.8 Å². The molecule has 1 saturated heterocycles. The molecule has 5 nitrogen and oxygen atoms in total. The fraction of sp³-hybridized carbons (Fsp3) is 0.200. The SMILES string of the molecule is COc1cccc(CN2C(=O)[C@]3(SCC(=O)N3c3cccc(C(F)(F)F)c3)c3ccccc32)c1. The van der Waals surface area contributed by atoms with E-state index in [1.54, 1.807) is 42.3 Å². The molecule has 2 heterocycles. The van der Waals surface area contributed by atoms with E-state index in [4.69, 9.17) is 4.74 Å². The van der Waals surface area contributed by atoms with Crippen molar-refractivity contribution < 1.29 is 27.5 Å². The first-order valence-corrected chi connectivity index (χ1v) is 11.4. The Morgan fingerprint density at radius 3 is 2.53 bits per heavy atom. The molecule has 1 spiro atoms. The second kappa shape index (κ2) is 8.09. The summed E-state index contributed by atoms with van der Waals surface area (Å²) in [6.45, 7) is 0.222. The molecule has 2 aliphatic heterocycles. The third kappa shape index (κ3) is 3.42. The number of hydrogen-bond donors (Lipinski definition) is 0. The highest BCUT2D eigenvalue weighted by Gasteiger charge is 2.61. The first-order valence-electron chi connectivity index (χ1n) is 10.4. The maximum Gasteiger partial charge on any atom is 0.416 e. The zero-order valence-electron chi connectivity index (χ0n) is 18.0. The summed E-state index contributed by atoms with van der Waals surface area (Å²) in [5, 5.41) is 0. The fourth-order valence-electron chi connectivity index (χ4n) is 4.49. The van der Waals surface area contributed by atoms with Crippen LogP contribution >= 0.6 is 11.8 Å². The second-order valence-corrected chi connectivity index (χ2v) is 9.14. The number of para-hydroxylation sites is 1. The van der Waals surface area contributed by atoms with Gasteiger partial charge in [0.2, 0.25) is 10.8 Å². The Kier molecular flexibility index (Phi) is 5.31. The van der Waals surface area contributed by atoms with E-state index in [2.05, 4.69) is 0 Å². The molecule has 5 rings (SSSR count). The molecule has 0 aliphatic carbocycles. The molecule has 1 fully saturated rings. The number of rotatable bonds is 4. The van der Waals surface area contributed by atoms with Crippen molar-refractivity contribution in [2.45, 2.75) is 17.6 Å². The van der Waals surface area contributed by atoms with Crippen LogP contribution in [-0.2, 0) is 27.2 Å². The van der Waals surface area contributed by atoms with Crippen LogP contribution in [0, 0.1) is 0 Å². The molecular formula is C25H19F3N2O3S. The Balaban J connectivity index is 1.62. The number of anilines is 2. The van der Waals surface area contributed by atoms with Crippen LogP contribution in [0.3, 0.4) is 0 Å². The molecule has 1 atom stereocenters. The third-order valence-electron chi connectivity index (χ3n) is 5.97. The molecule has 0 N–H and O–H groups in total. The van der Waals surface area contributed by atoms with Crippen LogP contribution < -0.4 is 14.5 Å². The number of nitrogens with zero attached hydrogens (tertiary/aromatic N) is 2. The van der Waals surface area contributed by atoms with Crippen molar-refractivity contribution >= 4 is 35.0 Å². The highest BCUT2D eigenvalue weighted by molar-refractivity contribution is 8.02. The summed E-state index contributed by atoms with van der Waals surface area (Å²) >= 11 is 1.13. The largest absolute Gasteiger partial charge is 0.497 e. The molecule has 34 heavy (non-hydrogen) atoms. The van der Waals surface area contributed by atoms with Crippen LogP contribution in [-0.4, -0.2) is 24.7 Å². The summed E-state index contributed by atoms with van der Waals surface area (Å²) in [5.41, 5.74) is 1.18. The summed E-state index contributed by atoms with van der Waals surface area (Å²) in [6, 6.07) is 18.9. The third-order valence-corrected chi connectivity index (χ3v) is 7.36. The van der Waals surface area contributed by atoms with Crippen molar-refractivity contribution in [3.8, 4) is 5.75 Å². The van der Waals surface area contributed by atoms with Gasteiger partial charge in [0.25, 0.3) is 5.91 Å². The summed E-state index contributed by atoms with van der Waals surface area (Å²) in [4.78, 5) is 28.4. The highest BCUT2D eigenvalue weighted by atomic mass is 32.2. The van der Waals surface area contributed by atoms with Crippen LogP contribution in [0.25, 0.3) is 0 Å². The number of halogens is 3. The van der Waals surface area contributed by atoms with Gasteiger partial charge in [-0.2, -0.15) is 13.2 Å². The number of hydrogen-bond acceptors (Lipinski definition) is 4. The van der Waals surface area contributed by atoms with E-state index >= 15 is 0 Å². The molecular weight excluding hydrogens is 465 g/mol. The van der Waals surface area contributed by atoms with Gasteiger partial charge in [0.05, 0.1) is 30.7 Å². The molecule has 0 radical (unpaired) electrons. The quantitative estimate of drug-likeness (QED) is 0.511. The molecule has 2 aliphatic rings. The first kappa shape index (κ1) is 22.3. The molecule has 3 aromatic rings. The minimum Gasteiger partial charge on any atom is -0.497 e. The number of thioether (sulfide) groups is 1. The number of alkyl halides is 3. The average molecular weight is 484 g/mol. The summed E-state index contributed by atoms with van der Waals surface area (Å²) in [5.74, 6) is -0.174. The van der Waals surface area contributed by atoms with Gasteiger partial charge in [-0.25, -0.2) is 0 Å². The maximum atomic E-state index is 14.0. The lowest BCUT2D eigenvalue weighted by molar-refractivity contribution is -0.137. The van der Waals surface area contributed by atoms with E-state index in [1.165, 1.54) is 17.0 Å². The van der Waals surface area contributed by atoms with Crippen LogP contribution in [0.15, 0.2) is 72.8 Å². The Morgan fingerprint density at radius 1 is 1.00 bits per heavy atom. The Labute approximate surface area is 198 Å². The second-order valence-electron chi connectivity index (χ2n) is 7.97. The molecule has 174 valence electrons. The smallest absolute Gasteiger partial charge is 0.416 e. The predicted octanol–water partition coefficient (Wildman–Crippen LogP) is 5.19. The molecule has 0 aromatic heterocycles. The number of amides is 2. The molecule has 0 saturated carbocycles. The molecule has 9 heteroatoms. The van der Waals surface area contributed by atoms with Crippen molar-refractivity contribution in [2.75, 3.05) is 22.7 Å². The van der Waals surface area contributed by atoms with Crippen LogP contribution in [0.5, 0.6) is 5.75 Å². The number of carbonyl (C=O) groups is 2. The number of benzene rings is 3. The number of ether oxygens (including phenoxy) is 1. The minimum absolute atomic E-state index is 0.0245. The van der Waals surface area contributed by atoms with Crippen molar-refractivity contribution in [2.24, 2.45) is 0 Å². The molecule has 3 aromatic carbocycles. The van der Waals surface area contributed by atoms with Crippen LogP contribution in [0.4, 0.5) is 24.5 Å². The molecule has 0 unspecified atom stereocenters. The Bertz CT molecular complexity index is 1300. The Hall–Kier alpha value is -3.46. The van der Waals surface area contributed by atoms with Gasteiger partial charge in [-0.15, -0.1) is 11.8 Å². The van der Waals surface area contributed by atoms with E-state index in [1.807, 2.05) is 18.2 Å². The molecule has 0 bridgehead atoms. The lowest BCUT2D eigenvalue weighted by atomic mass is 10.0. The van der Waals surface area contributed by atoms with Gasteiger partial charge in [0, 0.05) is 11.3 Å². The van der Waals surface area contributed by atoms with Crippen molar-refractivity contribution in [1.82, 2.24) is 0 Å². The van der Waals surface area contributed by atoms with E-state index in [0.717, 1.165) is 29.5 Å². The monoisotopic (exact) mass is 484 g/mol. The van der Waals surface area contributed by atoms with Crippen LogP contribution in [0.1, 0.15) is 16.7 Å². The molecule has 2 amide bonds. The fourth-order valence-corrected chi connectivity index (χ4v) is 5.85.